The fraction of sp³-hybridized carbons (Fsp3) is 0.471. The quantitative estimate of drug-likeness (QED) is 0.627. The van der Waals surface area contributed by atoms with Crippen LogP contribution in [0.5, 0.6) is 11.5 Å². The van der Waals surface area contributed by atoms with E-state index in [2.05, 4.69) is 10.6 Å². The number of carbonyl (C=O) groups is 3. The Kier molecular flexibility index (Phi) is 7.71. The Hall–Kier alpha value is -2.77. The lowest BCUT2D eigenvalue weighted by Crippen LogP contribution is -2.30. The van der Waals surface area contributed by atoms with Crippen LogP contribution >= 0.6 is 0 Å². The molecule has 8 nitrogen and oxygen atoms in total. The zero-order chi connectivity index (χ0) is 19.0. The van der Waals surface area contributed by atoms with E-state index in [1.807, 2.05) is 13.8 Å². The van der Waals surface area contributed by atoms with Crippen molar-refractivity contribution in [3.05, 3.63) is 17.7 Å². The van der Waals surface area contributed by atoms with Gasteiger partial charge in [-0.25, -0.2) is 4.79 Å². The number of carboxylic acids is 1. The van der Waals surface area contributed by atoms with Gasteiger partial charge in [-0.2, -0.15) is 0 Å². The third-order valence-electron chi connectivity index (χ3n) is 3.26. The highest BCUT2D eigenvalue weighted by atomic mass is 16.5. The van der Waals surface area contributed by atoms with E-state index in [0.29, 0.717) is 6.42 Å². The van der Waals surface area contributed by atoms with Gasteiger partial charge >= 0.3 is 5.97 Å². The summed E-state index contributed by atoms with van der Waals surface area (Å²) in [6.07, 6.45) is 0.734. The highest BCUT2D eigenvalue weighted by Gasteiger charge is 2.17. The van der Waals surface area contributed by atoms with Crippen LogP contribution in [0.4, 0.5) is 5.69 Å². The molecule has 0 aromatic heterocycles. The van der Waals surface area contributed by atoms with E-state index in [1.165, 1.54) is 26.4 Å². The van der Waals surface area contributed by atoms with Crippen LogP contribution in [0.1, 0.15) is 43.5 Å². The molecule has 0 radical (unpaired) electrons. The first kappa shape index (κ1) is 20.3. The number of anilines is 1. The lowest BCUT2D eigenvalue weighted by Gasteiger charge is -2.15. The molecular formula is C17H24N2O6. The summed E-state index contributed by atoms with van der Waals surface area (Å²) >= 11 is 0. The van der Waals surface area contributed by atoms with Crippen LogP contribution in [0, 0.1) is 0 Å². The average molecular weight is 352 g/mol. The van der Waals surface area contributed by atoms with Crippen molar-refractivity contribution >= 4 is 23.5 Å². The monoisotopic (exact) mass is 352 g/mol. The predicted molar refractivity (Wildman–Crippen MR) is 92.3 cm³/mol. The molecule has 0 heterocycles. The molecule has 1 aromatic rings. The van der Waals surface area contributed by atoms with Gasteiger partial charge in [0.1, 0.15) is 0 Å². The van der Waals surface area contributed by atoms with Crippen LogP contribution in [-0.2, 0) is 9.59 Å². The minimum absolute atomic E-state index is 0.0377. The number of carbonyl (C=O) groups excluding carboxylic acids is 2. The van der Waals surface area contributed by atoms with Gasteiger partial charge in [0.05, 0.1) is 25.5 Å². The molecule has 2 amide bonds. The second-order valence-corrected chi connectivity index (χ2v) is 5.69. The molecule has 0 bridgehead atoms. The lowest BCUT2D eigenvalue weighted by atomic mass is 10.1. The smallest absolute Gasteiger partial charge is 0.335 e. The molecule has 0 fully saturated rings. The maximum absolute atomic E-state index is 12.1. The number of benzene rings is 1. The zero-order valence-corrected chi connectivity index (χ0v) is 14.8. The number of hydrogen-bond donors (Lipinski definition) is 3. The van der Waals surface area contributed by atoms with Crippen LogP contribution in [0.15, 0.2) is 12.1 Å². The highest BCUT2D eigenvalue weighted by Crippen LogP contribution is 2.36. The van der Waals surface area contributed by atoms with Gasteiger partial charge in [0.2, 0.25) is 11.8 Å². The fourth-order valence-electron chi connectivity index (χ4n) is 2.20. The van der Waals surface area contributed by atoms with Gasteiger partial charge in [-0.1, -0.05) is 0 Å². The van der Waals surface area contributed by atoms with E-state index in [0.717, 1.165) is 0 Å². The Morgan fingerprint density at radius 2 is 1.72 bits per heavy atom. The third-order valence-corrected chi connectivity index (χ3v) is 3.26. The number of amides is 2. The van der Waals surface area contributed by atoms with Crippen LogP contribution in [0.25, 0.3) is 0 Å². The van der Waals surface area contributed by atoms with Gasteiger partial charge in [0, 0.05) is 18.9 Å². The van der Waals surface area contributed by atoms with Gasteiger partial charge in [-0.05, 0) is 32.4 Å². The molecule has 0 saturated carbocycles. The van der Waals surface area contributed by atoms with Gasteiger partial charge in [0.25, 0.3) is 0 Å². The summed E-state index contributed by atoms with van der Waals surface area (Å²) in [6, 6.07) is 2.66. The number of nitrogens with one attached hydrogen (secondary N) is 2. The topological polar surface area (TPSA) is 114 Å². The van der Waals surface area contributed by atoms with E-state index in [-0.39, 0.29) is 53.4 Å². The summed E-state index contributed by atoms with van der Waals surface area (Å²) in [6.45, 7) is 3.72. The summed E-state index contributed by atoms with van der Waals surface area (Å²) in [5.41, 5.74) is 0.167. The van der Waals surface area contributed by atoms with Crippen molar-refractivity contribution in [3.63, 3.8) is 0 Å². The van der Waals surface area contributed by atoms with Gasteiger partial charge in [-0.15, -0.1) is 0 Å². The summed E-state index contributed by atoms with van der Waals surface area (Å²) in [7, 11) is 2.77. The van der Waals surface area contributed by atoms with E-state index in [9.17, 15) is 14.4 Å². The van der Waals surface area contributed by atoms with Crippen molar-refractivity contribution < 1.29 is 29.0 Å². The third kappa shape index (κ3) is 6.33. The molecule has 138 valence electrons. The van der Waals surface area contributed by atoms with Crippen molar-refractivity contribution in [3.8, 4) is 11.5 Å². The van der Waals surface area contributed by atoms with Crippen molar-refractivity contribution in [2.45, 2.75) is 39.2 Å². The largest absolute Gasteiger partial charge is 0.493 e. The SMILES string of the molecule is COc1cc(C(=O)O)cc(NC(=O)CCCC(=O)NC(C)C)c1OC. The summed E-state index contributed by atoms with van der Waals surface area (Å²) in [4.78, 5) is 34.8. The van der Waals surface area contributed by atoms with Crippen molar-refractivity contribution in [2.24, 2.45) is 0 Å². The van der Waals surface area contributed by atoms with E-state index >= 15 is 0 Å². The van der Waals surface area contributed by atoms with Gasteiger partial charge in [-0.3, -0.25) is 9.59 Å². The first-order valence-electron chi connectivity index (χ1n) is 7.87. The van der Waals surface area contributed by atoms with E-state index in [1.54, 1.807) is 0 Å². The Labute approximate surface area is 146 Å². The number of carboxylic acid groups (broad SMARTS) is 1. The molecule has 8 heteroatoms. The molecule has 0 aliphatic heterocycles. The Balaban J connectivity index is 2.77. The van der Waals surface area contributed by atoms with E-state index in [4.69, 9.17) is 14.6 Å². The fourth-order valence-corrected chi connectivity index (χ4v) is 2.20. The minimum Gasteiger partial charge on any atom is -0.493 e. The van der Waals surface area contributed by atoms with Gasteiger partial charge < -0.3 is 25.2 Å². The highest BCUT2D eigenvalue weighted by molar-refractivity contribution is 5.96. The molecule has 0 aliphatic carbocycles. The molecule has 3 N–H and O–H groups in total. The number of aromatic carboxylic acids is 1. The van der Waals surface area contributed by atoms with Crippen LogP contribution in [0.2, 0.25) is 0 Å². The molecular weight excluding hydrogens is 328 g/mol. The predicted octanol–water partition coefficient (Wildman–Crippen LogP) is 2.04. The van der Waals surface area contributed by atoms with Crippen molar-refractivity contribution in [1.29, 1.82) is 0 Å². The normalized spacial score (nSPS) is 10.3. The van der Waals surface area contributed by atoms with Crippen LogP contribution in [0.3, 0.4) is 0 Å². The maximum atomic E-state index is 12.1. The molecule has 1 aromatic carbocycles. The average Bonchev–Trinajstić information content (AvgIpc) is 2.53. The lowest BCUT2D eigenvalue weighted by molar-refractivity contribution is -0.121. The zero-order valence-electron chi connectivity index (χ0n) is 14.8. The number of hydrogen-bond acceptors (Lipinski definition) is 5. The first-order chi connectivity index (χ1) is 11.8. The first-order valence-corrected chi connectivity index (χ1v) is 7.87. The molecule has 0 aliphatic rings. The van der Waals surface area contributed by atoms with Gasteiger partial charge in [0.15, 0.2) is 11.5 Å². The van der Waals surface area contributed by atoms with Crippen molar-refractivity contribution in [2.75, 3.05) is 19.5 Å². The molecule has 0 unspecified atom stereocenters. The number of rotatable bonds is 9. The summed E-state index contributed by atoms with van der Waals surface area (Å²) in [5.74, 6) is -1.18. The molecule has 0 saturated heterocycles. The summed E-state index contributed by atoms with van der Waals surface area (Å²) < 4.78 is 10.3. The number of methoxy groups -OCH3 is 2. The number of ether oxygens (including phenoxy) is 2. The molecule has 0 spiro atoms. The van der Waals surface area contributed by atoms with Crippen molar-refractivity contribution in [1.82, 2.24) is 5.32 Å². The molecule has 0 atom stereocenters. The van der Waals surface area contributed by atoms with Crippen LogP contribution in [-0.4, -0.2) is 43.2 Å². The van der Waals surface area contributed by atoms with Crippen LogP contribution < -0.4 is 20.1 Å². The molecule has 25 heavy (non-hydrogen) atoms. The Bertz CT molecular complexity index is 642. The maximum Gasteiger partial charge on any atom is 0.335 e. The Morgan fingerprint density at radius 1 is 1.08 bits per heavy atom. The van der Waals surface area contributed by atoms with E-state index < -0.39 is 5.97 Å². The minimum atomic E-state index is -1.15. The molecule has 1 rings (SSSR count). The Morgan fingerprint density at radius 3 is 2.24 bits per heavy atom. The summed E-state index contributed by atoms with van der Waals surface area (Å²) in [5, 5.41) is 14.5. The second kappa shape index (κ2) is 9.51. The standard InChI is InChI=1S/C17H24N2O6/c1-10(2)18-14(20)6-5-7-15(21)19-12-8-11(17(22)23)9-13(24-3)16(12)25-4/h8-10H,5-7H2,1-4H3,(H,18,20)(H,19,21)(H,22,23). The second-order valence-electron chi connectivity index (χ2n) is 5.69.